The van der Waals surface area contributed by atoms with Crippen molar-refractivity contribution in [1.82, 2.24) is 4.90 Å². The van der Waals surface area contributed by atoms with E-state index in [0.29, 0.717) is 17.2 Å². The Morgan fingerprint density at radius 1 is 1.00 bits per heavy atom. The molecule has 146 valence electrons. The summed E-state index contributed by atoms with van der Waals surface area (Å²) < 4.78 is 0. The summed E-state index contributed by atoms with van der Waals surface area (Å²) >= 11 is 0. The second kappa shape index (κ2) is 7.78. The van der Waals surface area contributed by atoms with Crippen molar-refractivity contribution in [1.29, 1.82) is 0 Å². The summed E-state index contributed by atoms with van der Waals surface area (Å²) in [5.74, 6) is 0.0221. The second-order valence-corrected chi connectivity index (χ2v) is 7.99. The predicted octanol–water partition coefficient (Wildman–Crippen LogP) is 4.68. The van der Waals surface area contributed by atoms with Gasteiger partial charge in [-0.25, -0.2) is 0 Å². The van der Waals surface area contributed by atoms with E-state index in [2.05, 4.69) is 19.9 Å². The number of fused-ring (bicyclic) bond motifs is 1. The molecule has 2 aromatic rings. The molecule has 2 heterocycles. The summed E-state index contributed by atoms with van der Waals surface area (Å²) in [6.45, 7) is 5.03. The Balaban J connectivity index is 1.60. The van der Waals surface area contributed by atoms with Gasteiger partial charge in [-0.3, -0.25) is 9.59 Å². The van der Waals surface area contributed by atoms with E-state index in [1.807, 2.05) is 46.2 Å². The van der Waals surface area contributed by atoms with Gasteiger partial charge in [0.1, 0.15) is 0 Å². The fourth-order valence-electron chi connectivity index (χ4n) is 4.66. The normalized spacial score (nSPS) is 21.5. The first-order valence-corrected chi connectivity index (χ1v) is 10.4. The molecule has 0 spiro atoms. The largest absolute Gasteiger partial charge is 0.336 e. The minimum Gasteiger partial charge on any atom is -0.336 e. The van der Waals surface area contributed by atoms with Gasteiger partial charge in [-0.15, -0.1) is 0 Å². The molecule has 2 amide bonds. The number of rotatable bonds is 3. The number of benzene rings is 2. The van der Waals surface area contributed by atoms with E-state index in [9.17, 15) is 9.59 Å². The number of hydrogen-bond donors (Lipinski definition) is 0. The molecule has 2 atom stereocenters. The van der Waals surface area contributed by atoms with Crippen LogP contribution in [0.3, 0.4) is 0 Å². The maximum Gasteiger partial charge on any atom is 0.258 e. The molecule has 1 fully saturated rings. The Morgan fingerprint density at radius 2 is 1.75 bits per heavy atom. The van der Waals surface area contributed by atoms with Gasteiger partial charge in [0.15, 0.2) is 0 Å². The number of carbonyl (C=O) groups is 2. The van der Waals surface area contributed by atoms with Gasteiger partial charge < -0.3 is 9.80 Å². The van der Waals surface area contributed by atoms with Crippen LogP contribution in [-0.4, -0.2) is 35.3 Å². The molecule has 1 saturated heterocycles. The van der Waals surface area contributed by atoms with Crippen LogP contribution in [0.2, 0.25) is 0 Å². The zero-order chi connectivity index (χ0) is 19.7. The lowest BCUT2D eigenvalue weighted by Gasteiger charge is -2.35. The topological polar surface area (TPSA) is 40.6 Å². The van der Waals surface area contributed by atoms with Gasteiger partial charge in [0.05, 0.1) is 0 Å². The van der Waals surface area contributed by atoms with E-state index in [-0.39, 0.29) is 17.9 Å². The Hall–Kier alpha value is -2.62. The van der Waals surface area contributed by atoms with Crippen LogP contribution in [-0.2, 0) is 6.42 Å². The van der Waals surface area contributed by atoms with Crippen LogP contribution in [0.1, 0.15) is 65.8 Å². The Labute approximate surface area is 167 Å². The highest BCUT2D eigenvalue weighted by atomic mass is 16.2. The summed E-state index contributed by atoms with van der Waals surface area (Å²) in [6.07, 6.45) is 5.16. The molecule has 2 aliphatic heterocycles. The van der Waals surface area contributed by atoms with Crippen molar-refractivity contribution >= 4 is 17.5 Å². The van der Waals surface area contributed by atoms with Gasteiger partial charge in [-0.2, -0.15) is 0 Å². The number of likely N-dealkylation sites (tertiary alicyclic amines) is 1. The van der Waals surface area contributed by atoms with Gasteiger partial charge in [-0.1, -0.05) is 31.2 Å². The number of anilines is 1. The maximum atomic E-state index is 13.3. The molecular weight excluding hydrogens is 348 g/mol. The van der Waals surface area contributed by atoms with Crippen LogP contribution < -0.4 is 4.90 Å². The first kappa shape index (κ1) is 18.7. The molecule has 4 nitrogen and oxygen atoms in total. The van der Waals surface area contributed by atoms with E-state index in [1.165, 1.54) is 12.0 Å². The molecule has 0 N–H and O–H groups in total. The molecular formula is C24H28N2O2. The fraction of sp³-hybridized carbons (Fsp3) is 0.417. The molecule has 28 heavy (non-hydrogen) atoms. The highest BCUT2D eigenvalue weighted by molar-refractivity contribution is 6.09. The van der Waals surface area contributed by atoms with Crippen molar-refractivity contribution in [2.75, 3.05) is 11.4 Å². The lowest BCUT2D eigenvalue weighted by atomic mass is 9.98. The predicted molar refractivity (Wildman–Crippen MR) is 112 cm³/mol. The Bertz CT molecular complexity index is 892. The third kappa shape index (κ3) is 3.32. The zero-order valence-electron chi connectivity index (χ0n) is 16.7. The van der Waals surface area contributed by atoms with Gasteiger partial charge in [0.2, 0.25) is 0 Å². The first-order valence-electron chi connectivity index (χ1n) is 10.4. The minimum absolute atomic E-state index is 0.0298. The number of carbonyl (C=O) groups excluding carboxylic acids is 2. The smallest absolute Gasteiger partial charge is 0.258 e. The summed E-state index contributed by atoms with van der Waals surface area (Å²) in [6, 6.07) is 15.8. The Morgan fingerprint density at radius 3 is 2.54 bits per heavy atom. The summed E-state index contributed by atoms with van der Waals surface area (Å²) in [7, 11) is 0. The number of para-hydroxylation sites is 1. The van der Waals surface area contributed by atoms with E-state index in [4.69, 9.17) is 0 Å². The average molecular weight is 377 g/mol. The van der Waals surface area contributed by atoms with Gasteiger partial charge >= 0.3 is 0 Å². The minimum atomic E-state index is -0.0298. The molecule has 0 aliphatic carbocycles. The number of hydrogen-bond acceptors (Lipinski definition) is 2. The van der Waals surface area contributed by atoms with Crippen molar-refractivity contribution in [2.24, 2.45) is 0 Å². The monoisotopic (exact) mass is 376 g/mol. The van der Waals surface area contributed by atoms with E-state index in [1.54, 1.807) is 6.07 Å². The van der Waals surface area contributed by atoms with Crippen LogP contribution in [0, 0.1) is 0 Å². The molecule has 4 rings (SSSR count). The van der Waals surface area contributed by atoms with Crippen LogP contribution >= 0.6 is 0 Å². The zero-order valence-corrected chi connectivity index (χ0v) is 16.7. The second-order valence-electron chi connectivity index (χ2n) is 7.99. The van der Waals surface area contributed by atoms with E-state index in [0.717, 1.165) is 37.9 Å². The fourth-order valence-corrected chi connectivity index (χ4v) is 4.66. The van der Waals surface area contributed by atoms with Crippen LogP contribution in [0.5, 0.6) is 0 Å². The van der Waals surface area contributed by atoms with Crippen molar-refractivity contribution in [3.8, 4) is 0 Å². The van der Waals surface area contributed by atoms with Crippen molar-refractivity contribution < 1.29 is 9.59 Å². The van der Waals surface area contributed by atoms with Crippen LogP contribution in [0.25, 0.3) is 0 Å². The third-order valence-corrected chi connectivity index (χ3v) is 6.14. The SMILES string of the molecule is CCC1CCCCN1C(=O)c1cccc(C(=O)N2c3ccccc3CC2C)c1. The maximum absolute atomic E-state index is 13.3. The number of amides is 2. The molecule has 0 radical (unpaired) electrons. The molecule has 4 heteroatoms. The summed E-state index contributed by atoms with van der Waals surface area (Å²) in [5, 5.41) is 0. The molecule has 0 bridgehead atoms. The van der Waals surface area contributed by atoms with E-state index >= 15 is 0 Å². The molecule has 2 aromatic carbocycles. The molecule has 2 unspecified atom stereocenters. The summed E-state index contributed by atoms with van der Waals surface area (Å²) in [4.78, 5) is 30.3. The van der Waals surface area contributed by atoms with Crippen LogP contribution in [0.4, 0.5) is 5.69 Å². The molecule has 0 saturated carbocycles. The summed E-state index contributed by atoms with van der Waals surface area (Å²) in [5.41, 5.74) is 3.39. The number of nitrogens with zero attached hydrogens (tertiary/aromatic N) is 2. The standard InChI is InChI=1S/C24H28N2O2/c1-3-21-12-6-7-14-25(21)23(27)19-10-8-11-20(16-19)24(28)26-17(2)15-18-9-4-5-13-22(18)26/h4-5,8-11,13,16-17,21H,3,6-7,12,14-15H2,1-2H3. The van der Waals surface area contributed by atoms with Crippen molar-refractivity contribution in [2.45, 2.75) is 58.0 Å². The van der Waals surface area contributed by atoms with Crippen molar-refractivity contribution in [3.05, 3.63) is 65.2 Å². The molecule has 0 aromatic heterocycles. The highest BCUT2D eigenvalue weighted by Crippen LogP contribution is 2.33. The average Bonchev–Trinajstić information content (AvgIpc) is 3.08. The number of piperidine rings is 1. The van der Waals surface area contributed by atoms with Crippen LogP contribution in [0.15, 0.2) is 48.5 Å². The third-order valence-electron chi connectivity index (χ3n) is 6.14. The highest BCUT2D eigenvalue weighted by Gasteiger charge is 2.32. The quantitative estimate of drug-likeness (QED) is 0.780. The van der Waals surface area contributed by atoms with Gasteiger partial charge in [0, 0.05) is 35.4 Å². The van der Waals surface area contributed by atoms with Gasteiger partial charge in [0.25, 0.3) is 11.8 Å². The van der Waals surface area contributed by atoms with E-state index < -0.39 is 0 Å². The lowest BCUT2D eigenvalue weighted by molar-refractivity contribution is 0.0608. The van der Waals surface area contributed by atoms with Crippen molar-refractivity contribution in [3.63, 3.8) is 0 Å². The first-order chi connectivity index (χ1) is 13.6. The lowest BCUT2D eigenvalue weighted by Crippen LogP contribution is -2.43. The molecule has 2 aliphatic rings. The Kier molecular flexibility index (Phi) is 5.21. The van der Waals surface area contributed by atoms with Gasteiger partial charge in [-0.05, 0) is 68.9 Å².